The molecule has 0 aliphatic rings. The van der Waals surface area contributed by atoms with Gasteiger partial charge < -0.3 is 14.8 Å². The van der Waals surface area contributed by atoms with E-state index in [2.05, 4.69) is 10.0 Å². The van der Waals surface area contributed by atoms with Gasteiger partial charge in [0.15, 0.2) is 11.5 Å². The number of sulfonamides is 1. The number of amides is 1. The summed E-state index contributed by atoms with van der Waals surface area (Å²) in [6, 6.07) is 8.13. The molecule has 8 heteroatoms. The van der Waals surface area contributed by atoms with Gasteiger partial charge in [0.1, 0.15) is 0 Å². The van der Waals surface area contributed by atoms with Gasteiger partial charge in [-0.3, -0.25) is 4.79 Å². The Morgan fingerprint density at radius 3 is 2.11 bits per heavy atom. The van der Waals surface area contributed by atoms with Gasteiger partial charge in [0.05, 0.1) is 25.7 Å². The molecule has 0 heterocycles. The molecule has 0 radical (unpaired) electrons. The van der Waals surface area contributed by atoms with Gasteiger partial charge >= 0.3 is 0 Å². The van der Waals surface area contributed by atoms with E-state index in [1.165, 1.54) is 32.4 Å². The first-order valence-corrected chi connectivity index (χ1v) is 9.75. The number of hydrogen-bond acceptors (Lipinski definition) is 5. The zero-order valence-electron chi connectivity index (χ0n) is 16.0. The third-order valence-electron chi connectivity index (χ3n) is 4.03. The second-order valence-corrected chi connectivity index (χ2v) is 7.93. The summed E-state index contributed by atoms with van der Waals surface area (Å²) in [5, 5.41) is 2.76. The summed E-state index contributed by atoms with van der Waals surface area (Å²) in [4.78, 5) is 12.2. The van der Waals surface area contributed by atoms with E-state index in [1.807, 2.05) is 32.9 Å². The first-order chi connectivity index (χ1) is 12.7. The van der Waals surface area contributed by atoms with Gasteiger partial charge in [-0.1, -0.05) is 17.7 Å². The zero-order chi connectivity index (χ0) is 20.2. The second-order valence-electron chi connectivity index (χ2n) is 6.16. The number of methoxy groups -OCH3 is 2. The van der Waals surface area contributed by atoms with Gasteiger partial charge in [-0.2, -0.15) is 0 Å². The molecule has 0 fully saturated rings. The Morgan fingerprint density at radius 2 is 1.56 bits per heavy atom. The number of ether oxygens (including phenoxy) is 2. The van der Waals surface area contributed by atoms with Crippen LogP contribution in [0.4, 0.5) is 5.69 Å². The molecule has 2 rings (SSSR count). The van der Waals surface area contributed by atoms with Gasteiger partial charge in [0.2, 0.25) is 15.9 Å². The summed E-state index contributed by atoms with van der Waals surface area (Å²) >= 11 is 0. The summed E-state index contributed by atoms with van der Waals surface area (Å²) in [7, 11) is -0.999. The number of anilines is 1. The molecule has 0 aliphatic carbocycles. The van der Waals surface area contributed by atoms with Crippen molar-refractivity contribution in [1.82, 2.24) is 4.72 Å². The van der Waals surface area contributed by atoms with Crippen molar-refractivity contribution in [3.05, 3.63) is 47.0 Å². The molecular weight excluding hydrogens is 368 g/mol. The predicted molar refractivity (Wildman–Crippen MR) is 104 cm³/mol. The van der Waals surface area contributed by atoms with Crippen molar-refractivity contribution in [3.8, 4) is 11.5 Å². The molecule has 2 aromatic rings. The lowest BCUT2D eigenvalue weighted by atomic mass is 10.1. The topological polar surface area (TPSA) is 93.7 Å². The molecule has 0 bridgehead atoms. The average Bonchev–Trinajstić information content (AvgIpc) is 2.62. The van der Waals surface area contributed by atoms with Crippen LogP contribution in [0.5, 0.6) is 11.5 Å². The molecule has 27 heavy (non-hydrogen) atoms. The minimum atomic E-state index is -3.88. The Morgan fingerprint density at radius 1 is 0.963 bits per heavy atom. The van der Waals surface area contributed by atoms with E-state index in [0.717, 1.165) is 16.7 Å². The highest BCUT2D eigenvalue weighted by molar-refractivity contribution is 7.89. The number of carbonyl (C=O) groups is 1. The molecule has 0 unspecified atom stereocenters. The van der Waals surface area contributed by atoms with Crippen molar-refractivity contribution in [1.29, 1.82) is 0 Å². The highest BCUT2D eigenvalue weighted by atomic mass is 32.2. The lowest BCUT2D eigenvalue weighted by Crippen LogP contribution is -2.33. The lowest BCUT2D eigenvalue weighted by Gasteiger charge is -2.14. The van der Waals surface area contributed by atoms with E-state index in [9.17, 15) is 13.2 Å². The van der Waals surface area contributed by atoms with Crippen LogP contribution in [-0.2, 0) is 14.8 Å². The van der Waals surface area contributed by atoms with Crippen LogP contribution >= 0.6 is 0 Å². The van der Waals surface area contributed by atoms with Gasteiger partial charge in [-0.25, -0.2) is 13.1 Å². The van der Waals surface area contributed by atoms with Crippen molar-refractivity contribution in [2.45, 2.75) is 25.7 Å². The molecular formula is C19H24N2O5S. The zero-order valence-corrected chi connectivity index (χ0v) is 16.9. The van der Waals surface area contributed by atoms with Gasteiger partial charge in [0, 0.05) is 11.8 Å². The van der Waals surface area contributed by atoms with Crippen LogP contribution in [0.15, 0.2) is 35.2 Å². The molecule has 2 aromatic carbocycles. The first kappa shape index (κ1) is 20.7. The maximum Gasteiger partial charge on any atom is 0.241 e. The van der Waals surface area contributed by atoms with Crippen LogP contribution in [0.1, 0.15) is 16.7 Å². The SMILES string of the molecule is COc1ccc(S(=O)(=O)NCC(=O)Nc2c(C)cc(C)cc2C)cc1OC. The third kappa shape index (κ3) is 4.99. The van der Waals surface area contributed by atoms with Crippen LogP contribution in [0.25, 0.3) is 0 Å². The van der Waals surface area contributed by atoms with Crippen molar-refractivity contribution in [2.24, 2.45) is 0 Å². The fourth-order valence-electron chi connectivity index (χ4n) is 2.79. The number of aryl methyl sites for hydroxylation is 3. The Kier molecular flexibility index (Phi) is 6.45. The molecule has 0 atom stereocenters. The van der Waals surface area contributed by atoms with Crippen LogP contribution in [0.3, 0.4) is 0 Å². The molecule has 0 aliphatic heterocycles. The third-order valence-corrected chi connectivity index (χ3v) is 5.43. The normalized spacial score (nSPS) is 11.1. The summed E-state index contributed by atoms with van der Waals surface area (Å²) in [6.45, 7) is 5.37. The highest BCUT2D eigenvalue weighted by Crippen LogP contribution is 2.29. The Labute approximate surface area is 159 Å². The van der Waals surface area contributed by atoms with E-state index >= 15 is 0 Å². The molecule has 0 aromatic heterocycles. The molecule has 1 amide bonds. The first-order valence-electron chi connectivity index (χ1n) is 8.27. The largest absolute Gasteiger partial charge is 0.493 e. The van der Waals surface area contributed by atoms with E-state index in [0.29, 0.717) is 11.4 Å². The monoisotopic (exact) mass is 392 g/mol. The Hall–Kier alpha value is -2.58. The average molecular weight is 392 g/mol. The van der Waals surface area contributed by atoms with Crippen LogP contribution in [0, 0.1) is 20.8 Å². The van der Waals surface area contributed by atoms with Crippen LogP contribution < -0.4 is 19.5 Å². The van der Waals surface area contributed by atoms with Crippen LogP contribution in [0.2, 0.25) is 0 Å². The van der Waals surface area contributed by atoms with Gasteiger partial charge in [-0.05, 0) is 44.0 Å². The second kappa shape index (κ2) is 8.41. The summed E-state index contributed by atoms with van der Waals surface area (Å²) < 4.78 is 37.4. The quantitative estimate of drug-likeness (QED) is 0.755. The van der Waals surface area contributed by atoms with Crippen LogP contribution in [-0.4, -0.2) is 35.1 Å². The Balaban J connectivity index is 2.10. The molecule has 0 spiro atoms. The molecule has 146 valence electrons. The van der Waals surface area contributed by atoms with Crippen molar-refractivity contribution in [3.63, 3.8) is 0 Å². The van der Waals surface area contributed by atoms with E-state index < -0.39 is 15.9 Å². The van der Waals surface area contributed by atoms with E-state index in [1.54, 1.807) is 0 Å². The smallest absolute Gasteiger partial charge is 0.241 e. The van der Waals surface area contributed by atoms with Gasteiger partial charge in [0.25, 0.3) is 0 Å². The molecule has 2 N–H and O–H groups in total. The highest BCUT2D eigenvalue weighted by Gasteiger charge is 2.18. The minimum absolute atomic E-state index is 0.0179. The summed E-state index contributed by atoms with van der Waals surface area (Å²) in [5.41, 5.74) is 3.63. The molecule has 0 saturated carbocycles. The standard InChI is InChI=1S/C19H24N2O5S/c1-12-8-13(2)19(14(3)9-12)21-18(22)11-20-27(23,24)15-6-7-16(25-4)17(10-15)26-5/h6-10,20H,11H2,1-5H3,(H,21,22). The number of benzene rings is 2. The number of nitrogens with one attached hydrogen (secondary N) is 2. The fourth-order valence-corrected chi connectivity index (χ4v) is 3.79. The molecule has 7 nitrogen and oxygen atoms in total. The van der Waals surface area contributed by atoms with Crippen molar-refractivity contribution >= 4 is 21.6 Å². The van der Waals surface area contributed by atoms with E-state index in [-0.39, 0.29) is 17.2 Å². The van der Waals surface area contributed by atoms with Crippen molar-refractivity contribution < 1.29 is 22.7 Å². The number of hydrogen-bond donors (Lipinski definition) is 2. The fraction of sp³-hybridized carbons (Fsp3) is 0.316. The van der Waals surface area contributed by atoms with Crippen molar-refractivity contribution in [2.75, 3.05) is 26.1 Å². The maximum absolute atomic E-state index is 12.4. The minimum Gasteiger partial charge on any atom is -0.493 e. The molecule has 0 saturated heterocycles. The summed E-state index contributed by atoms with van der Waals surface area (Å²) in [5.74, 6) is 0.254. The van der Waals surface area contributed by atoms with E-state index in [4.69, 9.17) is 9.47 Å². The maximum atomic E-state index is 12.4. The number of rotatable bonds is 7. The lowest BCUT2D eigenvalue weighted by molar-refractivity contribution is -0.115. The summed E-state index contributed by atoms with van der Waals surface area (Å²) in [6.07, 6.45) is 0. The predicted octanol–water partition coefficient (Wildman–Crippen LogP) is 2.55. The van der Waals surface area contributed by atoms with Gasteiger partial charge in [-0.15, -0.1) is 0 Å². The number of carbonyl (C=O) groups excluding carboxylic acids is 1. The Bertz CT molecular complexity index is 932.